The highest BCUT2D eigenvalue weighted by Gasteiger charge is 2.40. The first-order chi connectivity index (χ1) is 13.9. The molecule has 1 fully saturated rings. The lowest BCUT2D eigenvalue weighted by Crippen LogP contribution is -2.51. The summed E-state index contributed by atoms with van der Waals surface area (Å²) >= 11 is 0. The molecule has 4 unspecified atom stereocenters. The minimum Gasteiger partial charge on any atom is -0.347 e. The lowest BCUT2D eigenvalue weighted by Gasteiger charge is -2.46. The highest BCUT2D eigenvalue weighted by Crippen LogP contribution is 2.35. The molecule has 1 aliphatic heterocycles. The molecule has 0 amide bonds. The fourth-order valence-electron chi connectivity index (χ4n) is 4.92. The molecule has 0 saturated carbocycles. The predicted octanol–water partition coefficient (Wildman–Crippen LogP) is 9.06. The predicted molar refractivity (Wildman–Crippen MR) is 127 cm³/mol. The van der Waals surface area contributed by atoms with Gasteiger partial charge in [-0.25, -0.2) is 0 Å². The van der Waals surface area contributed by atoms with Crippen LogP contribution >= 0.6 is 0 Å². The third kappa shape index (κ3) is 12.4. The fourth-order valence-corrected chi connectivity index (χ4v) is 4.92. The van der Waals surface area contributed by atoms with E-state index in [0.717, 1.165) is 0 Å². The molecule has 1 aliphatic rings. The van der Waals surface area contributed by atoms with Gasteiger partial charge in [0.05, 0.1) is 12.2 Å². The van der Waals surface area contributed by atoms with Crippen molar-refractivity contribution < 1.29 is 9.47 Å². The Balaban J connectivity index is 1.93. The van der Waals surface area contributed by atoms with Crippen LogP contribution in [0.2, 0.25) is 0 Å². The Morgan fingerprint density at radius 1 is 0.655 bits per heavy atom. The van der Waals surface area contributed by atoms with Crippen LogP contribution < -0.4 is 0 Å². The van der Waals surface area contributed by atoms with Crippen molar-refractivity contribution in [2.45, 2.75) is 162 Å². The van der Waals surface area contributed by atoms with Crippen molar-refractivity contribution in [2.75, 3.05) is 0 Å². The van der Waals surface area contributed by atoms with Crippen LogP contribution in [0, 0.1) is 11.8 Å². The summed E-state index contributed by atoms with van der Waals surface area (Å²) in [5.41, 5.74) is 0. The van der Waals surface area contributed by atoms with Crippen molar-refractivity contribution in [3.05, 3.63) is 0 Å². The number of unbranched alkanes of at least 4 members (excludes halogenated alkanes) is 14. The number of hydrogen-bond donors (Lipinski definition) is 0. The Morgan fingerprint density at radius 3 is 1.52 bits per heavy atom. The van der Waals surface area contributed by atoms with E-state index >= 15 is 0 Å². The molecule has 4 atom stereocenters. The van der Waals surface area contributed by atoms with Gasteiger partial charge in [0, 0.05) is 5.92 Å². The molecule has 0 bridgehead atoms. The van der Waals surface area contributed by atoms with E-state index in [0.29, 0.717) is 17.9 Å². The number of ether oxygens (including phenoxy) is 2. The average molecular weight is 411 g/mol. The molecule has 2 heteroatoms. The standard InChI is InChI=1S/C27H54O2/c1-7-8-9-10-11-12-13-14-15-16-17-18-19-20-21-22-23(2)26-24(3)25(4)28-27(5,6)29-26/h23-26H,7-22H2,1-6H3. The van der Waals surface area contributed by atoms with E-state index < -0.39 is 5.79 Å². The first-order valence-corrected chi connectivity index (χ1v) is 13.2. The molecule has 0 N–H and O–H groups in total. The van der Waals surface area contributed by atoms with E-state index in [-0.39, 0.29) is 6.10 Å². The summed E-state index contributed by atoms with van der Waals surface area (Å²) in [4.78, 5) is 0. The van der Waals surface area contributed by atoms with E-state index in [1.54, 1.807) is 0 Å². The van der Waals surface area contributed by atoms with Crippen molar-refractivity contribution in [1.82, 2.24) is 0 Å². The summed E-state index contributed by atoms with van der Waals surface area (Å²) in [6.45, 7) is 13.3. The summed E-state index contributed by atoms with van der Waals surface area (Å²) in [6, 6.07) is 0. The Labute approximate surface area is 183 Å². The summed E-state index contributed by atoms with van der Waals surface area (Å²) in [7, 11) is 0. The minimum atomic E-state index is -0.431. The van der Waals surface area contributed by atoms with Crippen molar-refractivity contribution in [2.24, 2.45) is 11.8 Å². The molecule has 0 aromatic carbocycles. The normalized spacial score (nSPS) is 25.2. The average Bonchev–Trinajstić information content (AvgIpc) is 2.67. The zero-order chi connectivity index (χ0) is 21.5. The van der Waals surface area contributed by atoms with Crippen LogP contribution in [0.1, 0.15) is 144 Å². The van der Waals surface area contributed by atoms with Gasteiger partial charge in [-0.1, -0.05) is 117 Å². The molecule has 0 aliphatic carbocycles. The van der Waals surface area contributed by atoms with E-state index in [1.807, 2.05) is 0 Å². The monoisotopic (exact) mass is 410 g/mol. The molecular formula is C27H54O2. The second-order valence-electron chi connectivity index (χ2n) is 10.4. The fraction of sp³-hybridized carbons (Fsp3) is 1.00. The maximum Gasteiger partial charge on any atom is 0.163 e. The number of rotatable bonds is 17. The first-order valence-electron chi connectivity index (χ1n) is 13.2. The van der Waals surface area contributed by atoms with Gasteiger partial charge in [-0.2, -0.15) is 0 Å². The van der Waals surface area contributed by atoms with Gasteiger partial charge < -0.3 is 9.47 Å². The molecule has 29 heavy (non-hydrogen) atoms. The van der Waals surface area contributed by atoms with Crippen LogP contribution in [0.15, 0.2) is 0 Å². The molecule has 0 spiro atoms. The highest BCUT2D eigenvalue weighted by atomic mass is 16.7. The van der Waals surface area contributed by atoms with Crippen LogP contribution in [0.25, 0.3) is 0 Å². The van der Waals surface area contributed by atoms with Crippen LogP contribution in [0.4, 0.5) is 0 Å². The van der Waals surface area contributed by atoms with Crippen molar-refractivity contribution in [1.29, 1.82) is 0 Å². The molecule has 1 saturated heterocycles. The Morgan fingerprint density at radius 2 is 1.07 bits per heavy atom. The van der Waals surface area contributed by atoms with E-state index in [4.69, 9.17) is 9.47 Å². The smallest absolute Gasteiger partial charge is 0.163 e. The van der Waals surface area contributed by atoms with E-state index in [2.05, 4.69) is 41.5 Å². The highest BCUT2D eigenvalue weighted by molar-refractivity contribution is 4.83. The summed E-state index contributed by atoms with van der Waals surface area (Å²) in [5, 5.41) is 0. The van der Waals surface area contributed by atoms with Gasteiger partial charge in [0.2, 0.25) is 0 Å². The third-order valence-electron chi connectivity index (χ3n) is 6.97. The maximum absolute atomic E-state index is 6.27. The Kier molecular flexibility index (Phi) is 14.6. The quantitative estimate of drug-likeness (QED) is 0.223. The van der Waals surface area contributed by atoms with Crippen molar-refractivity contribution in [3.63, 3.8) is 0 Å². The Bertz CT molecular complexity index is 379. The van der Waals surface area contributed by atoms with Crippen molar-refractivity contribution >= 4 is 0 Å². The third-order valence-corrected chi connectivity index (χ3v) is 6.97. The summed E-state index contributed by atoms with van der Waals surface area (Å²) in [6.07, 6.45) is 23.4. The van der Waals surface area contributed by atoms with E-state index in [1.165, 1.54) is 103 Å². The lowest BCUT2D eigenvalue weighted by atomic mass is 9.85. The van der Waals surface area contributed by atoms with Gasteiger partial charge in [0.25, 0.3) is 0 Å². The molecule has 1 rings (SSSR count). The molecule has 2 nitrogen and oxygen atoms in total. The molecule has 1 heterocycles. The SMILES string of the molecule is CCCCCCCCCCCCCCCCCC(C)C1OC(C)(C)OC(C)C1C. The topological polar surface area (TPSA) is 18.5 Å². The van der Waals surface area contributed by atoms with Gasteiger partial charge in [0.1, 0.15) is 0 Å². The zero-order valence-electron chi connectivity index (χ0n) is 20.9. The minimum absolute atomic E-state index is 0.284. The van der Waals surface area contributed by atoms with Crippen LogP contribution in [0.5, 0.6) is 0 Å². The van der Waals surface area contributed by atoms with E-state index in [9.17, 15) is 0 Å². The molecule has 174 valence electrons. The van der Waals surface area contributed by atoms with Gasteiger partial charge in [-0.05, 0) is 33.1 Å². The number of hydrogen-bond acceptors (Lipinski definition) is 2. The maximum atomic E-state index is 6.27. The molecule has 0 aromatic rings. The largest absolute Gasteiger partial charge is 0.347 e. The molecular weight excluding hydrogens is 356 g/mol. The van der Waals surface area contributed by atoms with Crippen molar-refractivity contribution in [3.8, 4) is 0 Å². The van der Waals surface area contributed by atoms with Gasteiger partial charge in [0.15, 0.2) is 5.79 Å². The van der Waals surface area contributed by atoms with Gasteiger partial charge in [-0.15, -0.1) is 0 Å². The molecule has 0 aromatic heterocycles. The lowest BCUT2D eigenvalue weighted by molar-refractivity contribution is -0.323. The zero-order valence-corrected chi connectivity index (χ0v) is 20.9. The Hall–Kier alpha value is -0.0800. The first kappa shape index (κ1) is 27.0. The summed E-state index contributed by atoms with van der Waals surface area (Å²) < 4.78 is 12.2. The van der Waals surface area contributed by atoms with Crippen LogP contribution in [-0.4, -0.2) is 18.0 Å². The second-order valence-corrected chi connectivity index (χ2v) is 10.4. The summed E-state index contributed by atoms with van der Waals surface area (Å²) in [5.74, 6) is 0.673. The van der Waals surface area contributed by atoms with Crippen LogP contribution in [0.3, 0.4) is 0 Å². The van der Waals surface area contributed by atoms with Gasteiger partial charge in [-0.3, -0.25) is 0 Å². The van der Waals surface area contributed by atoms with Gasteiger partial charge >= 0.3 is 0 Å². The second kappa shape index (κ2) is 15.7. The van der Waals surface area contributed by atoms with Crippen LogP contribution in [-0.2, 0) is 9.47 Å². The molecule has 0 radical (unpaired) electrons.